The Balaban J connectivity index is 1.06. The minimum atomic E-state index is -6.02. The molecule has 300 valence electrons. The van der Waals surface area contributed by atoms with E-state index in [1.807, 2.05) is 0 Å². The highest BCUT2D eigenvalue weighted by Gasteiger charge is 2.59. The normalized spacial score (nSPS) is 42.9. The van der Waals surface area contributed by atoms with Crippen LogP contribution in [0.1, 0.15) is 129 Å². The van der Waals surface area contributed by atoms with E-state index in [1.165, 1.54) is 0 Å². The van der Waals surface area contributed by atoms with Gasteiger partial charge >= 0.3 is 33.3 Å². The van der Waals surface area contributed by atoms with E-state index in [0.717, 1.165) is 83.5 Å². The van der Waals surface area contributed by atoms with Crippen molar-refractivity contribution in [2.75, 3.05) is 19.8 Å². The van der Waals surface area contributed by atoms with Gasteiger partial charge in [-0.15, -0.1) is 0 Å². The summed E-state index contributed by atoms with van der Waals surface area (Å²) in [7, 11) is -6.02. The predicted octanol–water partition coefficient (Wildman–Crippen LogP) is 7.01. The van der Waals surface area contributed by atoms with Crippen LogP contribution in [0.5, 0.6) is 0 Å². The number of alkyl halides is 2. The summed E-state index contributed by atoms with van der Waals surface area (Å²) in [6, 6.07) is 0. The lowest BCUT2D eigenvalue weighted by Gasteiger charge is -2.50. The van der Waals surface area contributed by atoms with Crippen LogP contribution in [0.3, 0.4) is 0 Å². The van der Waals surface area contributed by atoms with E-state index in [0.29, 0.717) is 36.5 Å². The summed E-state index contributed by atoms with van der Waals surface area (Å²) in [5, 5.41) is -5.10. The Morgan fingerprint density at radius 3 is 1.91 bits per heavy atom. The van der Waals surface area contributed by atoms with Crippen molar-refractivity contribution in [2.45, 2.75) is 153 Å². The summed E-state index contributed by atoms with van der Waals surface area (Å²) in [6.45, 7) is 4.54. The third kappa shape index (κ3) is 8.04. The van der Waals surface area contributed by atoms with Gasteiger partial charge in [0.15, 0.2) is 6.29 Å². The van der Waals surface area contributed by atoms with Crippen molar-refractivity contribution in [3.05, 3.63) is 0 Å². The lowest BCUT2D eigenvalue weighted by Crippen LogP contribution is -2.54. The Labute approximate surface area is 312 Å². The molecule has 1 saturated heterocycles. The minimum Gasteiger partial charge on any atom is -0.465 e. The smallest absolute Gasteiger partial charge is 0.465 e. The molecule has 1 heterocycles. The molecular formula is C39H58F2O11S. The molecule has 12 unspecified atom stereocenters. The second-order valence-corrected chi connectivity index (χ2v) is 20.1. The maximum absolute atomic E-state index is 14.3. The van der Waals surface area contributed by atoms with Gasteiger partial charge in [0.25, 0.3) is 0 Å². The molecule has 0 aromatic carbocycles. The van der Waals surface area contributed by atoms with Crippen molar-refractivity contribution >= 4 is 28.0 Å². The Hall–Kier alpha value is -1.90. The van der Waals surface area contributed by atoms with Crippen molar-refractivity contribution < 1.29 is 59.8 Å². The topological polar surface area (TPSA) is 152 Å². The first kappa shape index (κ1) is 39.3. The molecule has 0 aromatic rings. The number of hydrogen-bond donors (Lipinski definition) is 1. The van der Waals surface area contributed by atoms with Crippen LogP contribution in [0.25, 0.3) is 0 Å². The third-order valence-electron chi connectivity index (χ3n) is 14.3. The summed E-state index contributed by atoms with van der Waals surface area (Å²) in [5.41, 5.74) is -2.36. The molecule has 7 fully saturated rings. The first-order chi connectivity index (χ1) is 25.0. The van der Waals surface area contributed by atoms with E-state index in [2.05, 4.69) is 13.8 Å². The zero-order valence-corrected chi connectivity index (χ0v) is 32.1. The quantitative estimate of drug-likeness (QED) is 0.139. The van der Waals surface area contributed by atoms with E-state index in [4.69, 9.17) is 28.2 Å². The molecule has 0 radical (unpaired) electrons. The number of halogens is 2. The van der Waals surface area contributed by atoms with Gasteiger partial charge in [-0.1, -0.05) is 46.0 Å². The highest BCUT2D eigenvalue weighted by Crippen LogP contribution is 2.54. The minimum absolute atomic E-state index is 0.0140. The van der Waals surface area contributed by atoms with Gasteiger partial charge in [0.05, 0.1) is 24.0 Å². The summed E-state index contributed by atoms with van der Waals surface area (Å²) in [6.07, 6.45) is 12.5. The van der Waals surface area contributed by atoms with Gasteiger partial charge < -0.3 is 23.7 Å². The van der Waals surface area contributed by atoms with E-state index >= 15 is 0 Å². The zero-order valence-electron chi connectivity index (χ0n) is 31.2. The maximum Gasteiger partial charge on any atom is 0.465 e. The second kappa shape index (κ2) is 14.9. The SMILES string of the molecule is CC1CC2CCCC(C(=O)OCC3COC(C4CC5CCCC(OC(=O)C(F)(F)S(=O)(=O)O)(C5)C4)OC3COC(=O)C34CCCC(CC(C)C3)C4)(C1)C2. The van der Waals surface area contributed by atoms with Crippen LogP contribution in [0, 0.1) is 52.3 Å². The second-order valence-electron chi connectivity index (χ2n) is 18.6. The molecule has 12 atom stereocenters. The summed E-state index contributed by atoms with van der Waals surface area (Å²) in [4.78, 5) is 40.2. The number of esters is 3. The van der Waals surface area contributed by atoms with Crippen LogP contribution in [-0.2, 0) is 48.2 Å². The standard InChI is InChI=1S/C39H58F2O11S/c1-24-12-26-6-3-9-36(15-24,17-26)33(42)49-22-30-21-48-32(51-31(30)23-50-34(43)37-10-4-7-27(18-37)13-25(2)16-37)29-14-28-8-5-11-38(19-28,20-29)52-35(44)39(40,41)53(45,46)47/h24-32H,3-23H2,1-2H3,(H,45,46,47). The predicted molar refractivity (Wildman–Crippen MR) is 186 cm³/mol. The van der Waals surface area contributed by atoms with E-state index < -0.39 is 62.0 Å². The van der Waals surface area contributed by atoms with Gasteiger partial charge in [0.2, 0.25) is 0 Å². The fourth-order valence-electron chi connectivity index (χ4n) is 12.3. The molecule has 1 aliphatic heterocycles. The summed E-state index contributed by atoms with van der Waals surface area (Å²) >= 11 is 0. The van der Waals surface area contributed by atoms with Gasteiger partial charge in [-0.25, -0.2) is 4.79 Å². The molecule has 6 bridgehead atoms. The largest absolute Gasteiger partial charge is 0.465 e. The van der Waals surface area contributed by atoms with Crippen molar-refractivity contribution in [3.8, 4) is 0 Å². The molecule has 7 rings (SSSR count). The fraction of sp³-hybridized carbons (Fsp3) is 0.923. The number of ether oxygens (including phenoxy) is 5. The maximum atomic E-state index is 14.3. The number of carbonyl (C=O) groups excluding carboxylic acids is 3. The van der Waals surface area contributed by atoms with Gasteiger partial charge in [0, 0.05) is 11.8 Å². The average molecular weight is 773 g/mol. The van der Waals surface area contributed by atoms with E-state index in [9.17, 15) is 31.6 Å². The van der Waals surface area contributed by atoms with Crippen LogP contribution < -0.4 is 0 Å². The number of rotatable bonds is 10. The van der Waals surface area contributed by atoms with Crippen molar-refractivity contribution in [3.63, 3.8) is 0 Å². The van der Waals surface area contributed by atoms with Crippen molar-refractivity contribution in [1.29, 1.82) is 0 Å². The molecule has 0 spiro atoms. The van der Waals surface area contributed by atoms with Crippen LogP contribution in [-0.4, -0.2) is 73.9 Å². The first-order valence-electron chi connectivity index (χ1n) is 20.2. The molecule has 11 nitrogen and oxygen atoms in total. The highest BCUT2D eigenvalue weighted by molar-refractivity contribution is 7.87. The fourth-order valence-corrected chi connectivity index (χ4v) is 12.6. The number of hydrogen-bond acceptors (Lipinski definition) is 10. The Kier molecular flexibility index (Phi) is 11.0. The van der Waals surface area contributed by atoms with Gasteiger partial charge in [-0.2, -0.15) is 17.2 Å². The lowest BCUT2D eigenvalue weighted by atomic mass is 9.59. The molecule has 6 saturated carbocycles. The van der Waals surface area contributed by atoms with E-state index in [-0.39, 0.29) is 56.9 Å². The molecule has 53 heavy (non-hydrogen) atoms. The van der Waals surface area contributed by atoms with E-state index in [1.54, 1.807) is 0 Å². The Bertz CT molecular complexity index is 1500. The molecule has 0 aromatic heterocycles. The van der Waals surface area contributed by atoms with Gasteiger partial charge in [-0.3, -0.25) is 14.1 Å². The van der Waals surface area contributed by atoms with Crippen LogP contribution in [0.2, 0.25) is 0 Å². The number of carbonyl (C=O) groups is 3. The lowest BCUT2D eigenvalue weighted by molar-refractivity contribution is -0.283. The van der Waals surface area contributed by atoms with Crippen LogP contribution in [0.4, 0.5) is 8.78 Å². The molecule has 0 amide bonds. The first-order valence-corrected chi connectivity index (χ1v) is 21.6. The van der Waals surface area contributed by atoms with Gasteiger partial charge in [0.1, 0.15) is 18.3 Å². The Morgan fingerprint density at radius 2 is 1.32 bits per heavy atom. The van der Waals surface area contributed by atoms with Crippen LogP contribution >= 0.6 is 0 Å². The molecule has 7 aliphatic rings. The summed E-state index contributed by atoms with van der Waals surface area (Å²) in [5.74, 6) is -1.59. The Morgan fingerprint density at radius 1 is 0.774 bits per heavy atom. The van der Waals surface area contributed by atoms with Crippen LogP contribution in [0.15, 0.2) is 0 Å². The third-order valence-corrected chi connectivity index (χ3v) is 15.1. The van der Waals surface area contributed by atoms with Crippen molar-refractivity contribution in [1.82, 2.24) is 0 Å². The number of fused-ring (bicyclic) bond motifs is 6. The monoisotopic (exact) mass is 772 g/mol. The summed E-state index contributed by atoms with van der Waals surface area (Å²) < 4.78 is 90.8. The average Bonchev–Trinajstić information content (AvgIpc) is 3.08. The van der Waals surface area contributed by atoms with Crippen molar-refractivity contribution in [2.24, 2.45) is 52.3 Å². The zero-order chi connectivity index (χ0) is 37.8. The highest BCUT2D eigenvalue weighted by atomic mass is 32.2. The van der Waals surface area contributed by atoms with Gasteiger partial charge in [-0.05, 0) is 113 Å². The molecular weight excluding hydrogens is 714 g/mol. The molecule has 14 heteroatoms. The molecule has 6 aliphatic carbocycles. The molecule has 1 N–H and O–H groups in total.